The third-order valence-corrected chi connectivity index (χ3v) is 5.08. The molecule has 4 aromatic rings. The Balaban J connectivity index is 2.02. The number of nitrogens with zero attached hydrogens (tertiary/aromatic N) is 5. The largest absolute Gasteiger partial charge is 0.478 e. The molecule has 0 fully saturated rings. The Kier molecular flexibility index (Phi) is 6.16. The van der Waals surface area contributed by atoms with E-state index in [-0.39, 0.29) is 5.56 Å². The van der Waals surface area contributed by atoms with Crippen molar-refractivity contribution in [3.63, 3.8) is 0 Å². The Labute approximate surface area is 198 Å². The van der Waals surface area contributed by atoms with Crippen LogP contribution in [0.15, 0.2) is 60.9 Å². The highest BCUT2D eigenvalue weighted by atomic mass is 19.4. The number of hydrogen-bond donors (Lipinski definition) is 1. The predicted octanol–water partition coefficient (Wildman–Crippen LogP) is 5.47. The summed E-state index contributed by atoms with van der Waals surface area (Å²) in [6, 6.07) is 8.58. The van der Waals surface area contributed by atoms with Crippen molar-refractivity contribution in [3.8, 4) is 22.8 Å². The highest BCUT2D eigenvalue weighted by molar-refractivity contribution is 6.19. The van der Waals surface area contributed by atoms with Gasteiger partial charge in [-0.1, -0.05) is 36.4 Å². The summed E-state index contributed by atoms with van der Waals surface area (Å²) in [7, 11) is 1.52. The number of aliphatic carboxylic acids is 1. The molecule has 2 aromatic heterocycles. The lowest BCUT2D eigenvalue weighted by molar-refractivity contribution is -0.137. The molecular formula is C23H15F6N5O2. The van der Waals surface area contributed by atoms with Gasteiger partial charge in [0.25, 0.3) is 0 Å². The number of carboxylic acids is 1. The van der Waals surface area contributed by atoms with Crippen molar-refractivity contribution in [2.45, 2.75) is 12.4 Å². The minimum atomic E-state index is -4.83. The first-order valence-corrected chi connectivity index (χ1v) is 10.1. The Bertz CT molecular complexity index is 1470. The molecule has 4 rings (SSSR count). The summed E-state index contributed by atoms with van der Waals surface area (Å²) in [4.78, 5) is 16.0. The van der Waals surface area contributed by atoms with Crippen LogP contribution >= 0.6 is 0 Å². The van der Waals surface area contributed by atoms with Gasteiger partial charge < -0.3 is 5.11 Å². The van der Waals surface area contributed by atoms with Crippen molar-refractivity contribution >= 4 is 17.7 Å². The van der Waals surface area contributed by atoms with Crippen LogP contribution in [-0.4, -0.2) is 35.6 Å². The zero-order valence-electron chi connectivity index (χ0n) is 18.2. The Morgan fingerprint density at radius 3 is 2.00 bits per heavy atom. The maximum Gasteiger partial charge on any atom is 0.417 e. The first kappa shape index (κ1) is 24.7. The molecule has 0 radical (unpaired) electrons. The van der Waals surface area contributed by atoms with E-state index < -0.39 is 57.8 Å². The summed E-state index contributed by atoms with van der Waals surface area (Å²) < 4.78 is 84.1. The van der Waals surface area contributed by atoms with E-state index in [1.165, 1.54) is 36.3 Å². The van der Waals surface area contributed by atoms with E-state index in [1.54, 1.807) is 0 Å². The lowest BCUT2D eigenvalue weighted by atomic mass is 10.1. The summed E-state index contributed by atoms with van der Waals surface area (Å²) in [6.45, 7) is 0. The monoisotopic (exact) mass is 507 g/mol. The van der Waals surface area contributed by atoms with Gasteiger partial charge >= 0.3 is 18.3 Å². The highest BCUT2D eigenvalue weighted by Crippen LogP contribution is 2.39. The third-order valence-electron chi connectivity index (χ3n) is 5.08. The topological polar surface area (TPSA) is 85.8 Å². The minimum Gasteiger partial charge on any atom is -0.478 e. The molecule has 13 heteroatoms. The smallest absolute Gasteiger partial charge is 0.417 e. The molecule has 36 heavy (non-hydrogen) atoms. The van der Waals surface area contributed by atoms with Gasteiger partial charge in [0, 0.05) is 36.1 Å². The second-order valence-corrected chi connectivity index (χ2v) is 7.54. The molecule has 0 spiro atoms. The SMILES string of the molecule is Cn1cc(C(=Cn2nc(-c3ccccc3C(F)(F)F)nc2-c2ccccc2C(F)(F)F)C(=O)O)cn1. The molecule has 186 valence electrons. The van der Waals surface area contributed by atoms with E-state index in [0.717, 1.165) is 47.3 Å². The van der Waals surface area contributed by atoms with Gasteiger partial charge in [0.2, 0.25) is 0 Å². The molecule has 7 nitrogen and oxygen atoms in total. The van der Waals surface area contributed by atoms with E-state index >= 15 is 0 Å². The van der Waals surface area contributed by atoms with E-state index in [2.05, 4.69) is 15.2 Å². The van der Waals surface area contributed by atoms with Gasteiger partial charge in [0.1, 0.15) is 0 Å². The van der Waals surface area contributed by atoms with E-state index in [0.29, 0.717) is 0 Å². The first-order chi connectivity index (χ1) is 16.9. The number of aryl methyl sites for hydroxylation is 1. The average Bonchev–Trinajstić information content (AvgIpc) is 3.42. The number of benzene rings is 2. The number of hydrogen-bond acceptors (Lipinski definition) is 4. The molecule has 0 bridgehead atoms. The van der Waals surface area contributed by atoms with Gasteiger partial charge in [0.15, 0.2) is 11.6 Å². The lowest BCUT2D eigenvalue weighted by Gasteiger charge is -2.12. The van der Waals surface area contributed by atoms with Crippen molar-refractivity contribution in [3.05, 3.63) is 77.6 Å². The molecule has 0 aliphatic heterocycles. The number of rotatable bonds is 5. The standard InChI is InChI=1S/C23H15F6N5O2/c1-33-11-13(10-30-33)16(21(35)36)12-34-20(15-7-3-5-9-18(15)23(27,28)29)31-19(32-34)14-6-2-4-8-17(14)22(24,25)26/h2-12H,1H3,(H,35,36). The Morgan fingerprint density at radius 1 is 0.917 bits per heavy atom. The third kappa shape index (κ3) is 4.85. The predicted molar refractivity (Wildman–Crippen MR) is 116 cm³/mol. The van der Waals surface area contributed by atoms with Crippen molar-refractivity contribution in [2.75, 3.05) is 0 Å². The first-order valence-electron chi connectivity index (χ1n) is 10.1. The molecule has 0 saturated heterocycles. The second kappa shape index (κ2) is 8.98. The molecule has 0 unspecified atom stereocenters. The van der Waals surface area contributed by atoms with Crippen LogP contribution in [0.4, 0.5) is 26.3 Å². The van der Waals surface area contributed by atoms with E-state index in [9.17, 15) is 36.2 Å². The highest BCUT2D eigenvalue weighted by Gasteiger charge is 2.37. The van der Waals surface area contributed by atoms with Gasteiger partial charge in [-0.3, -0.25) is 4.68 Å². The van der Waals surface area contributed by atoms with Gasteiger partial charge in [-0.25, -0.2) is 14.5 Å². The molecule has 0 aliphatic carbocycles. The van der Waals surface area contributed by atoms with Crippen LogP contribution in [0.2, 0.25) is 0 Å². The molecular weight excluding hydrogens is 492 g/mol. The number of carboxylic acid groups (broad SMARTS) is 1. The number of aromatic nitrogens is 5. The van der Waals surface area contributed by atoms with Crippen LogP contribution in [0.25, 0.3) is 34.5 Å². The normalized spacial score (nSPS) is 12.7. The number of carbonyl (C=O) groups is 1. The van der Waals surface area contributed by atoms with Gasteiger partial charge in [-0.05, 0) is 12.1 Å². The molecule has 0 saturated carbocycles. The Morgan fingerprint density at radius 2 is 1.47 bits per heavy atom. The maximum atomic E-state index is 13.7. The molecule has 2 aromatic carbocycles. The van der Waals surface area contributed by atoms with E-state index in [4.69, 9.17) is 0 Å². The zero-order chi connectivity index (χ0) is 26.3. The summed E-state index contributed by atoms with van der Waals surface area (Å²) in [6.07, 6.45) is -6.20. The van der Waals surface area contributed by atoms with Crippen LogP contribution < -0.4 is 0 Å². The zero-order valence-corrected chi connectivity index (χ0v) is 18.2. The van der Waals surface area contributed by atoms with Crippen LogP contribution in [0.1, 0.15) is 16.7 Å². The van der Waals surface area contributed by atoms with Gasteiger partial charge in [0.05, 0.1) is 22.9 Å². The fourth-order valence-electron chi connectivity index (χ4n) is 3.50. The molecule has 1 N–H and O–H groups in total. The molecule has 0 aliphatic rings. The minimum absolute atomic E-state index is 0.0906. The van der Waals surface area contributed by atoms with Crippen LogP contribution in [-0.2, 0) is 24.2 Å². The summed E-state index contributed by atoms with van der Waals surface area (Å²) in [5.74, 6) is -2.51. The molecule has 0 atom stereocenters. The number of alkyl halides is 6. The fraction of sp³-hybridized carbons (Fsp3) is 0.130. The second-order valence-electron chi connectivity index (χ2n) is 7.54. The fourth-order valence-corrected chi connectivity index (χ4v) is 3.50. The van der Waals surface area contributed by atoms with Crippen LogP contribution in [0, 0.1) is 0 Å². The lowest BCUT2D eigenvalue weighted by Crippen LogP contribution is -2.09. The van der Waals surface area contributed by atoms with Crippen LogP contribution in [0.3, 0.4) is 0 Å². The Hall–Kier alpha value is -4.42. The summed E-state index contributed by atoms with van der Waals surface area (Å²) >= 11 is 0. The quantitative estimate of drug-likeness (QED) is 0.286. The molecule has 2 heterocycles. The van der Waals surface area contributed by atoms with Gasteiger partial charge in [-0.15, -0.1) is 5.10 Å². The maximum absolute atomic E-state index is 13.7. The summed E-state index contributed by atoms with van der Waals surface area (Å²) in [5, 5.41) is 17.6. The number of halogens is 6. The van der Waals surface area contributed by atoms with Crippen LogP contribution in [0.5, 0.6) is 0 Å². The molecule has 0 amide bonds. The van der Waals surface area contributed by atoms with Gasteiger partial charge in [-0.2, -0.15) is 31.4 Å². The van der Waals surface area contributed by atoms with Crippen molar-refractivity contribution in [1.82, 2.24) is 24.5 Å². The van der Waals surface area contributed by atoms with Crippen molar-refractivity contribution < 1.29 is 36.2 Å². The average molecular weight is 507 g/mol. The summed E-state index contributed by atoms with van der Waals surface area (Å²) in [5.41, 5.74) is -3.54. The van der Waals surface area contributed by atoms with Crippen molar-refractivity contribution in [1.29, 1.82) is 0 Å². The van der Waals surface area contributed by atoms with Crippen molar-refractivity contribution in [2.24, 2.45) is 7.05 Å². The van der Waals surface area contributed by atoms with E-state index in [1.807, 2.05) is 0 Å².